The first-order valence-corrected chi connectivity index (χ1v) is 6.14. The van der Waals surface area contributed by atoms with Crippen LogP contribution in [0.5, 0.6) is 11.5 Å². The van der Waals surface area contributed by atoms with Crippen molar-refractivity contribution in [2.75, 3.05) is 20.8 Å². The van der Waals surface area contributed by atoms with Gasteiger partial charge < -0.3 is 20.5 Å². The third-order valence-corrected chi connectivity index (χ3v) is 3.05. The fourth-order valence-electron chi connectivity index (χ4n) is 1.53. The molecule has 0 aliphatic carbocycles. The number of hydrogen-bond acceptors (Lipinski definition) is 4. The minimum absolute atomic E-state index is 0. The molecule has 0 saturated heterocycles. The Morgan fingerprint density at radius 3 is 2.45 bits per heavy atom. The highest BCUT2D eigenvalue weighted by molar-refractivity contribution is 5.85. The Hall–Kier alpha value is -1.46. The normalized spacial score (nSPS) is 10.4. The van der Waals surface area contributed by atoms with Gasteiger partial charge in [-0.15, -0.1) is 12.4 Å². The van der Waals surface area contributed by atoms with Crippen molar-refractivity contribution >= 4 is 18.3 Å². The molecule has 3 N–H and O–H groups in total. The molecule has 0 bridgehead atoms. The Bertz CT molecular complexity index is 450. The zero-order valence-electron chi connectivity index (χ0n) is 12.4. The van der Waals surface area contributed by atoms with E-state index in [2.05, 4.69) is 5.32 Å². The molecule has 0 spiro atoms. The number of benzene rings is 1. The van der Waals surface area contributed by atoms with Crippen LogP contribution in [0.3, 0.4) is 0 Å². The van der Waals surface area contributed by atoms with Gasteiger partial charge in [0.25, 0.3) is 0 Å². The summed E-state index contributed by atoms with van der Waals surface area (Å²) in [5.74, 6) is 1.36. The Balaban J connectivity index is 0.00000361. The van der Waals surface area contributed by atoms with Gasteiger partial charge >= 0.3 is 0 Å². The lowest BCUT2D eigenvalue weighted by Gasteiger charge is -2.21. The quantitative estimate of drug-likeness (QED) is 0.839. The molecular formula is C14H23ClN2O3. The van der Waals surface area contributed by atoms with Crippen LogP contribution in [0.1, 0.15) is 19.4 Å². The van der Waals surface area contributed by atoms with Crippen LogP contribution >= 0.6 is 12.4 Å². The zero-order valence-corrected chi connectivity index (χ0v) is 13.2. The van der Waals surface area contributed by atoms with Gasteiger partial charge in [-0.2, -0.15) is 0 Å². The van der Waals surface area contributed by atoms with Crippen molar-refractivity contribution < 1.29 is 14.3 Å². The fraction of sp³-hybridized carbons (Fsp3) is 0.500. The van der Waals surface area contributed by atoms with Crippen LogP contribution in [0, 0.1) is 5.41 Å². The number of nitrogens with two attached hydrogens (primary N) is 1. The van der Waals surface area contributed by atoms with E-state index >= 15 is 0 Å². The van der Waals surface area contributed by atoms with Crippen molar-refractivity contribution in [2.24, 2.45) is 11.1 Å². The lowest BCUT2D eigenvalue weighted by molar-refractivity contribution is -0.129. The minimum Gasteiger partial charge on any atom is -0.497 e. The zero-order chi connectivity index (χ0) is 14.5. The van der Waals surface area contributed by atoms with Crippen molar-refractivity contribution in [1.82, 2.24) is 5.32 Å². The second kappa shape index (κ2) is 7.97. The molecule has 0 fully saturated rings. The Labute approximate surface area is 126 Å². The van der Waals surface area contributed by atoms with Gasteiger partial charge in [-0.3, -0.25) is 4.79 Å². The molecule has 1 aromatic carbocycles. The topological polar surface area (TPSA) is 73.6 Å². The molecule has 1 aromatic rings. The van der Waals surface area contributed by atoms with Gasteiger partial charge in [0.1, 0.15) is 11.5 Å². The maximum Gasteiger partial charge on any atom is 0.227 e. The summed E-state index contributed by atoms with van der Waals surface area (Å²) in [6, 6.07) is 5.47. The molecule has 0 atom stereocenters. The predicted molar refractivity (Wildman–Crippen MR) is 81.5 cm³/mol. The van der Waals surface area contributed by atoms with Gasteiger partial charge in [-0.05, 0) is 32.0 Å². The van der Waals surface area contributed by atoms with Crippen molar-refractivity contribution in [3.05, 3.63) is 23.8 Å². The van der Waals surface area contributed by atoms with Crippen molar-refractivity contribution in [2.45, 2.75) is 20.4 Å². The number of methoxy groups -OCH3 is 2. The minimum atomic E-state index is -0.577. The molecule has 6 heteroatoms. The number of hydrogen-bond donors (Lipinski definition) is 2. The summed E-state index contributed by atoms with van der Waals surface area (Å²) < 4.78 is 10.4. The van der Waals surface area contributed by atoms with Crippen LogP contribution in [0.15, 0.2) is 18.2 Å². The lowest BCUT2D eigenvalue weighted by atomic mass is 9.92. The van der Waals surface area contributed by atoms with Crippen molar-refractivity contribution in [1.29, 1.82) is 0 Å². The summed E-state index contributed by atoms with van der Waals surface area (Å²) in [5.41, 5.74) is 5.86. The standard InChI is InChI=1S/C14H22N2O3.ClH/c1-14(2,9-15)13(17)16-8-10-7-11(18-3)5-6-12(10)19-4;/h5-7H,8-9,15H2,1-4H3,(H,16,17);1H. The number of ether oxygens (including phenoxy) is 2. The average Bonchev–Trinajstić information content (AvgIpc) is 2.44. The Kier molecular flexibility index (Phi) is 7.39. The second-order valence-electron chi connectivity index (χ2n) is 4.95. The van der Waals surface area contributed by atoms with Crippen LogP contribution in [0.4, 0.5) is 0 Å². The summed E-state index contributed by atoms with van der Waals surface area (Å²) in [7, 11) is 3.19. The summed E-state index contributed by atoms with van der Waals surface area (Å²) in [6.07, 6.45) is 0. The van der Waals surface area contributed by atoms with Gasteiger partial charge in [-0.1, -0.05) is 0 Å². The van der Waals surface area contributed by atoms with E-state index in [1.807, 2.05) is 32.0 Å². The van der Waals surface area contributed by atoms with Crippen LogP contribution in [-0.2, 0) is 11.3 Å². The monoisotopic (exact) mass is 302 g/mol. The predicted octanol–water partition coefficient (Wildman–Crippen LogP) is 1.73. The molecule has 0 unspecified atom stereocenters. The van der Waals surface area contributed by atoms with Crippen LogP contribution in [0.25, 0.3) is 0 Å². The van der Waals surface area contributed by atoms with E-state index in [1.165, 1.54) is 0 Å². The number of halogens is 1. The van der Waals surface area contributed by atoms with Gasteiger partial charge in [-0.25, -0.2) is 0 Å². The summed E-state index contributed by atoms with van der Waals surface area (Å²) >= 11 is 0. The fourth-order valence-corrected chi connectivity index (χ4v) is 1.53. The van der Waals surface area contributed by atoms with Crippen LogP contribution < -0.4 is 20.5 Å². The molecule has 0 aliphatic rings. The van der Waals surface area contributed by atoms with Gasteiger partial charge in [0, 0.05) is 18.7 Å². The van der Waals surface area contributed by atoms with E-state index in [0.717, 1.165) is 11.3 Å². The molecule has 0 saturated carbocycles. The smallest absolute Gasteiger partial charge is 0.227 e. The highest BCUT2D eigenvalue weighted by Crippen LogP contribution is 2.24. The van der Waals surface area contributed by atoms with Crippen molar-refractivity contribution in [3.8, 4) is 11.5 Å². The summed E-state index contributed by atoms with van der Waals surface area (Å²) in [6.45, 7) is 4.30. The molecule has 1 rings (SSSR count). The van der Waals surface area contributed by atoms with E-state index in [4.69, 9.17) is 15.2 Å². The van der Waals surface area contributed by atoms with E-state index in [0.29, 0.717) is 18.8 Å². The molecular weight excluding hydrogens is 280 g/mol. The first kappa shape index (κ1) is 18.5. The third-order valence-electron chi connectivity index (χ3n) is 3.05. The average molecular weight is 303 g/mol. The molecule has 1 amide bonds. The SMILES string of the molecule is COc1ccc(OC)c(CNC(=O)C(C)(C)CN)c1.Cl. The van der Waals surface area contributed by atoms with E-state index in [-0.39, 0.29) is 18.3 Å². The number of amides is 1. The largest absolute Gasteiger partial charge is 0.497 e. The maximum absolute atomic E-state index is 12.0. The molecule has 0 aliphatic heterocycles. The molecule has 0 radical (unpaired) electrons. The van der Waals surface area contributed by atoms with Crippen LogP contribution in [-0.4, -0.2) is 26.7 Å². The first-order chi connectivity index (χ1) is 8.94. The molecule has 0 heterocycles. The number of carbonyl (C=O) groups is 1. The Morgan fingerprint density at radius 2 is 1.95 bits per heavy atom. The Morgan fingerprint density at radius 1 is 1.30 bits per heavy atom. The van der Waals surface area contributed by atoms with Crippen LogP contribution in [0.2, 0.25) is 0 Å². The summed E-state index contributed by atoms with van der Waals surface area (Å²) in [5, 5.41) is 2.86. The van der Waals surface area contributed by atoms with Crippen molar-refractivity contribution in [3.63, 3.8) is 0 Å². The highest BCUT2D eigenvalue weighted by Gasteiger charge is 2.25. The van der Waals surface area contributed by atoms with Gasteiger partial charge in [0.2, 0.25) is 5.91 Å². The van der Waals surface area contributed by atoms with E-state index in [9.17, 15) is 4.79 Å². The van der Waals surface area contributed by atoms with Gasteiger partial charge in [0.05, 0.1) is 19.6 Å². The maximum atomic E-state index is 12.0. The molecule has 0 aromatic heterocycles. The molecule has 114 valence electrons. The highest BCUT2D eigenvalue weighted by atomic mass is 35.5. The van der Waals surface area contributed by atoms with E-state index in [1.54, 1.807) is 14.2 Å². The molecule has 5 nitrogen and oxygen atoms in total. The van der Waals surface area contributed by atoms with Gasteiger partial charge in [0.15, 0.2) is 0 Å². The summed E-state index contributed by atoms with van der Waals surface area (Å²) in [4.78, 5) is 12.0. The number of nitrogens with one attached hydrogen (secondary N) is 1. The van der Waals surface area contributed by atoms with E-state index < -0.39 is 5.41 Å². The third kappa shape index (κ3) is 4.58. The molecule has 20 heavy (non-hydrogen) atoms. The first-order valence-electron chi connectivity index (χ1n) is 6.14. The second-order valence-corrected chi connectivity index (χ2v) is 4.95. The lowest BCUT2D eigenvalue weighted by Crippen LogP contribution is -2.41. The number of carbonyl (C=O) groups excluding carboxylic acids is 1. The number of rotatable bonds is 6.